The number of fused-ring (bicyclic) bond motifs is 1. The number of methoxy groups -OCH3 is 1. The first-order valence-corrected chi connectivity index (χ1v) is 8.68. The summed E-state index contributed by atoms with van der Waals surface area (Å²) in [5.74, 6) is 1.61. The van der Waals surface area contributed by atoms with Gasteiger partial charge in [0.2, 0.25) is 5.88 Å². The van der Waals surface area contributed by atoms with Gasteiger partial charge in [0.1, 0.15) is 12.1 Å². The van der Waals surface area contributed by atoms with Crippen LogP contribution in [0.2, 0.25) is 0 Å². The number of carbonyl (C=O) groups is 1. The van der Waals surface area contributed by atoms with Crippen molar-refractivity contribution in [1.82, 2.24) is 14.9 Å². The van der Waals surface area contributed by atoms with E-state index in [1.54, 1.807) is 18.4 Å². The van der Waals surface area contributed by atoms with E-state index in [1.807, 2.05) is 27.8 Å². The fourth-order valence-corrected chi connectivity index (χ4v) is 4.30. The molecule has 2 aromatic rings. The number of amides is 1. The summed E-state index contributed by atoms with van der Waals surface area (Å²) in [5, 5.41) is 3.88. The Morgan fingerprint density at radius 1 is 1.30 bits per heavy atom. The average molecular weight is 330 g/mol. The van der Waals surface area contributed by atoms with Gasteiger partial charge in [-0.2, -0.15) is 11.3 Å². The number of hydrogen-bond acceptors (Lipinski definition) is 6. The topological polar surface area (TPSA) is 58.6 Å². The van der Waals surface area contributed by atoms with Crippen molar-refractivity contribution in [3.05, 3.63) is 34.8 Å². The lowest BCUT2D eigenvalue weighted by Crippen LogP contribution is -2.39. The van der Waals surface area contributed by atoms with Crippen molar-refractivity contribution in [2.75, 3.05) is 25.1 Å². The van der Waals surface area contributed by atoms with E-state index in [2.05, 4.69) is 14.9 Å². The van der Waals surface area contributed by atoms with Gasteiger partial charge in [0.25, 0.3) is 5.91 Å². The van der Waals surface area contributed by atoms with E-state index in [0.29, 0.717) is 11.9 Å². The van der Waals surface area contributed by atoms with E-state index in [1.165, 1.54) is 6.33 Å². The largest absolute Gasteiger partial charge is 0.481 e. The second kappa shape index (κ2) is 5.81. The van der Waals surface area contributed by atoms with Crippen molar-refractivity contribution in [3.63, 3.8) is 0 Å². The zero-order chi connectivity index (χ0) is 15.8. The molecular formula is C16H18N4O2S. The Morgan fingerprint density at radius 3 is 2.96 bits per heavy atom. The minimum Gasteiger partial charge on any atom is -0.481 e. The molecule has 2 aromatic heterocycles. The summed E-state index contributed by atoms with van der Waals surface area (Å²) < 4.78 is 5.19. The van der Waals surface area contributed by atoms with Crippen LogP contribution in [-0.2, 0) is 0 Å². The molecule has 0 N–H and O–H groups in total. The zero-order valence-electron chi connectivity index (χ0n) is 12.9. The molecule has 0 aliphatic carbocycles. The molecule has 120 valence electrons. The summed E-state index contributed by atoms with van der Waals surface area (Å²) in [4.78, 5) is 25.4. The highest BCUT2D eigenvalue weighted by Gasteiger charge is 2.45. The predicted molar refractivity (Wildman–Crippen MR) is 88.1 cm³/mol. The van der Waals surface area contributed by atoms with Crippen molar-refractivity contribution < 1.29 is 9.53 Å². The van der Waals surface area contributed by atoms with Crippen LogP contribution in [0, 0.1) is 0 Å². The third-order valence-corrected chi connectivity index (χ3v) is 5.42. The highest BCUT2D eigenvalue weighted by atomic mass is 32.1. The quantitative estimate of drug-likeness (QED) is 0.862. The molecule has 6 nitrogen and oxygen atoms in total. The average Bonchev–Trinajstić information content (AvgIpc) is 3.31. The number of carbonyl (C=O) groups excluding carboxylic acids is 1. The summed E-state index contributed by atoms with van der Waals surface area (Å²) in [6.45, 7) is 1.71. The van der Waals surface area contributed by atoms with Gasteiger partial charge in [0.15, 0.2) is 0 Å². The molecular weight excluding hydrogens is 312 g/mol. The Kier molecular flexibility index (Phi) is 3.65. The molecule has 0 radical (unpaired) electrons. The van der Waals surface area contributed by atoms with Crippen LogP contribution < -0.4 is 9.64 Å². The first-order chi connectivity index (χ1) is 11.3. The van der Waals surface area contributed by atoms with Crippen LogP contribution in [0.4, 0.5) is 5.82 Å². The normalized spacial score (nSPS) is 23.2. The number of nitrogens with zero attached hydrogens (tertiary/aromatic N) is 4. The number of aromatic nitrogens is 2. The van der Waals surface area contributed by atoms with Gasteiger partial charge in [-0.3, -0.25) is 4.79 Å². The molecule has 4 rings (SSSR count). The van der Waals surface area contributed by atoms with Gasteiger partial charge >= 0.3 is 0 Å². The van der Waals surface area contributed by atoms with Crippen molar-refractivity contribution in [2.45, 2.75) is 24.9 Å². The van der Waals surface area contributed by atoms with Gasteiger partial charge in [-0.05, 0) is 24.3 Å². The van der Waals surface area contributed by atoms with Crippen LogP contribution in [0.15, 0.2) is 29.2 Å². The molecule has 0 aromatic carbocycles. The van der Waals surface area contributed by atoms with Crippen LogP contribution in [0.3, 0.4) is 0 Å². The Balaban J connectivity index is 1.54. The minimum atomic E-state index is 0.154. The first kappa shape index (κ1) is 14.4. The molecule has 1 amide bonds. The molecule has 0 bridgehead atoms. The molecule has 2 atom stereocenters. The van der Waals surface area contributed by atoms with Gasteiger partial charge in [0.05, 0.1) is 24.8 Å². The molecule has 2 fully saturated rings. The highest BCUT2D eigenvalue weighted by molar-refractivity contribution is 7.08. The molecule has 4 heterocycles. The number of hydrogen-bond donors (Lipinski definition) is 0. The number of rotatable bonds is 3. The summed E-state index contributed by atoms with van der Waals surface area (Å²) in [5.41, 5.74) is 0.804. The number of likely N-dealkylation sites (tertiary alicyclic amines) is 1. The molecule has 2 aliphatic heterocycles. The first-order valence-electron chi connectivity index (χ1n) is 7.74. The van der Waals surface area contributed by atoms with Crippen LogP contribution in [-0.4, -0.2) is 53.1 Å². The second-order valence-corrected chi connectivity index (χ2v) is 6.61. The Bertz CT molecular complexity index is 706. The van der Waals surface area contributed by atoms with Gasteiger partial charge in [-0.1, -0.05) is 0 Å². The highest BCUT2D eigenvalue weighted by Crippen LogP contribution is 2.35. The van der Waals surface area contributed by atoms with E-state index in [4.69, 9.17) is 4.74 Å². The minimum absolute atomic E-state index is 0.154. The zero-order valence-corrected chi connectivity index (χ0v) is 13.7. The van der Waals surface area contributed by atoms with Gasteiger partial charge in [0, 0.05) is 24.5 Å². The third-order valence-electron chi connectivity index (χ3n) is 4.74. The molecule has 23 heavy (non-hydrogen) atoms. The Labute approximate surface area is 138 Å². The van der Waals surface area contributed by atoms with E-state index >= 15 is 0 Å². The maximum atomic E-state index is 12.7. The molecule has 0 unspecified atom stereocenters. The summed E-state index contributed by atoms with van der Waals surface area (Å²) in [7, 11) is 1.61. The molecule has 0 saturated carbocycles. The van der Waals surface area contributed by atoms with Crippen molar-refractivity contribution in [3.8, 4) is 5.88 Å². The summed E-state index contributed by atoms with van der Waals surface area (Å²) >= 11 is 1.56. The van der Waals surface area contributed by atoms with Gasteiger partial charge < -0.3 is 14.5 Å². The Morgan fingerprint density at radius 2 is 2.17 bits per heavy atom. The van der Waals surface area contributed by atoms with Crippen LogP contribution in [0.5, 0.6) is 5.88 Å². The van der Waals surface area contributed by atoms with Gasteiger partial charge in [-0.25, -0.2) is 9.97 Å². The van der Waals surface area contributed by atoms with Crippen molar-refractivity contribution in [2.24, 2.45) is 0 Å². The third kappa shape index (κ3) is 2.45. The smallest absolute Gasteiger partial charge is 0.255 e. The lowest BCUT2D eigenvalue weighted by Gasteiger charge is -2.26. The SMILES string of the molecule is COc1cc(N2CC[C@@H]3[C@@H]2CCN3C(=O)c2ccsc2)ncn1. The van der Waals surface area contributed by atoms with Crippen LogP contribution in [0.25, 0.3) is 0 Å². The lowest BCUT2D eigenvalue weighted by molar-refractivity contribution is 0.0738. The maximum absolute atomic E-state index is 12.7. The van der Waals surface area contributed by atoms with E-state index in [9.17, 15) is 4.79 Å². The number of thiophene rings is 1. The molecule has 2 saturated heterocycles. The fourth-order valence-electron chi connectivity index (χ4n) is 3.67. The van der Waals surface area contributed by atoms with Crippen molar-refractivity contribution in [1.29, 1.82) is 0 Å². The molecule has 0 spiro atoms. The fraction of sp³-hybridized carbons (Fsp3) is 0.438. The summed E-state index contributed by atoms with van der Waals surface area (Å²) in [6, 6.07) is 4.37. The molecule has 2 aliphatic rings. The maximum Gasteiger partial charge on any atom is 0.255 e. The van der Waals surface area contributed by atoms with Gasteiger partial charge in [-0.15, -0.1) is 0 Å². The second-order valence-electron chi connectivity index (χ2n) is 5.83. The van der Waals surface area contributed by atoms with E-state index in [0.717, 1.165) is 37.3 Å². The lowest BCUT2D eigenvalue weighted by atomic mass is 10.1. The number of anilines is 1. The standard InChI is InChI=1S/C16H18N4O2S/c1-22-15-8-14(17-10-18-15)19-5-2-13-12(19)3-6-20(13)16(21)11-4-7-23-9-11/h4,7-10,12-13H,2-3,5-6H2,1H3/t12-,13+/m0/s1. The molecule has 7 heteroatoms. The predicted octanol–water partition coefficient (Wildman–Crippen LogP) is 2.04. The van der Waals surface area contributed by atoms with Crippen LogP contribution >= 0.6 is 11.3 Å². The van der Waals surface area contributed by atoms with Crippen molar-refractivity contribution >= 4 is 23.1 Å². The summed E-state index contributed by atoms with van der Waals surface area (Å²) in [6.07, 6.45) is 3.49. The Hall–Kier alpha value is -2.15. The number of ether oxygens (including phenoxy) is 1. The monoisotopic (exact) mass is 330 g/mol. The van der Waals surface area contributed by atoms with E-state index in [-0.39, 0.29) is 11.9 Å². The van der Waals surface area contributed by atoms with Crippen LogP contribution in [0.1, 0.15) is 23.2 Å². The van der Waals surface area contributed by atoms with E-state index < -0.39 is 0 Å².